The van der Waals surface area contributed by atoms with Crippen LogP contribution in [0.4, 0.5) is 0 Å². The van der Waals surface area contributed by atoms with Crippen LogP contribution < -0.4 is 4.74 Å². The molecule has 2 aromatic rings. The van der Waals surface area contributed by atoms with Gasteiger partial charge in [-0.2, -0.15) is 0 Å². The van der Waals surface area contributed by atoms with Crippen LogP contribution in [0, 0.1) is 17.3 Å². The first kappa shape index (κ1) is 18.0. The highest BCUT2D eigenvalue weighted by Crippen LogP contribution is 2.62. The highest BCUT2D eigenvalue weighted by molar-refractivity contribution is 5.41. The van der Waals surface area contributed by atoms with E-state index in [4.69, 9.17) is 4.74 Å². The van der Waals surface area contributed by atoms with Gasteiger partial charge in [0.25, 0.3) is 0 Å². The van der Waals surface area contributed by atoms with Crippen LogP contribution in [0.5, 0.6) is 5.75 Å². The minimum atomic E-state index is 0.478. The number of ether oxygens (including phenoxy) is 1. The standard InChI is InChI=1S/C27H32O/c1-3-21-10-14-26-25-12-9-20-17-22(28-18-19-7-5-4-6-8-19)11-13-23(20)24(25)15-16-27(21,26)2/h3-8,11,13,17,24-26H,9-10,12,14-16,18H2,1-2H3/b21-3+/t24-,25-,26+,27-/m1/s1. The molecule has 3 aliphatic carbocycles. The number of hydrogen-bond acceptors (Lipinski definition) is 1. The second-order valence-corrected chi connectivity index (χ2v) is 9.36. The fraction of sp³-hybridized carbons (Fsp3) is 0.481. The molecule has 0 unspecified atom stereocenters. The van der Waals surface area contributed by atoms with Crippen LogP contribution in [-0.4, -0.2) is 0 Å². The highest BCUT2D eigenvalue weighted by atomic mass is 16.5. The summed E-state index contributed by atoms with van der Waals surface area (Å²) in [5.41, 5.74) is 6.62. The van der Waals surface area contributed by atoms with Crippen LogP contribution in [0.15, 0.2) is 60.2 Å². The number of fused-ring (bicyclic) bond motifs is 5. The molecule has 2 fully saturated rings. The second kappa shape index (κ2) is 7.10. The van der Waals surface area contributed by atoms with Gasteiger partial charge in [0.15, 0.2) is 0 Å². The maximum Gasteiger partial charge on any atom is 0.120 e. The lowest BCUT2D eigenvalue weighted by atomic mass is 9.55. The molecule has 2 saturated carbocycles. The van der Waals surface area contributed by atoms with Gasteiger partial charge in [0.05, 0.1) is 0 Å². The molecule has 0 spiro atoms. The van der Waals surface area contributed by atoms with Gasteiger partial charge in [0.1, 0.15) is 12.4 Å². The second-order valence-electron chi connectivity index (χ2n) is 9.36. The predicted molar refractivity (Wildman–Crippen MR) is 116 cm³/mol. The Labute approximate surface area is 169 Å². The first-order valence-corrected chi connectivity index (χ1v) is 11.1. The number of allylic oxidation sites excluding steroid dienone is 2. The molecule has 5 rings (SSSR count). The zero-order valence-electron chi connectivity index (χ0n) is 17.3. The van der Waals surface area contributed by atoms with E-state index < -0.39 is 0 Å². The Morgan fingerprint density at radius 3 is 2.71 bits per heavy atom. The van der Waals surface area contributed by atoms with Gasteiger partial charge in [-0.3, -0.25) is 0 Å². The summed E-state index contributed by atoms with van der Waals surface area (Å²) in [4.78, 5) is 0. The topological polar surface area (TPSA) is 9.23 Å². The summed E-state index contributed by atoms with van der Waals surface area (Å²) in [5.74, 6) is 3.55. The van der Waals surface area contributed by atoms with E-state index in [1.807, 2.05) is 0 Å². The summed E-state index contributed by atoms with van der Waals surface area (Å²) in [6.07, 6.45) is 10.5. The van der Waals surface area contributed by atoms with Crippen LogP contribution in [0.2, 0.25) is 0 Å². The Morgan fingerprint density at radius 1 is 1.04 bits per heavy atom. The molecule has 146 valence electrons. The van der Waals surface area contributed by atoms with Crippen molar-refractivity contribution in [1.82, 2.24) is 0 Å². The number of hydrogen-bond donors (Lipinski definition) is 0. The monoisotopic (exact) mass is 372 g/mol. The summed E-state index contributed by atoms with van der Waals surface area (Å²) >= 11 is 0. The fourth-order valence-corrected chi connectivity index (χ4v) is 6.71. The summed E-state index contributed by atoms with van der Waals surface area (Å²) < 4.78 is 6.10. The molecule has 0 saturated heterocycles. The number of rotatable bonds is 3. The summed E-state index contributed by atoms with van der Waals surface area (Å²) in [7, 11) is 0. The van der Waals surface area contributed by atoms with E-state index in [-0.39, 0.29) is 0 Å². The van der Waals surface area contributed by atoms with E-state index in [1.54, 1.807) is 16.7 Å². The Bertz CT molecular complexity index is 880. The van der Waals surface area contributed by atoms with E-state index in [0.717, 1.165) is 23.5 Å². The van der Waals surface area contributed by atoms with Crippen molar-refractivity contribution in [3.8, 4) is 5.75 Å². The largest absolute Gasteiger partial charge is 0.489 e. The van der Waals surface area contributed by atoms with Crippen molar-refractivity contribution >= 4 is 0 Å². The maximum atomic E-state index is 6.10. The van der Waals surface area contributed by atoms with Gasteiger partial charge in [-0.25, -0.2) is 0 Å². The molecule has 0 amide bonds. The van der Waals surface area contributed by atoms with Crippen molar-refractivity contribution in [3.05, 3.63) is 76.9 Å². The molecule has 0 aromatic heterocycles. The van der Waals surface area contributed by atoms with Crippen molar-refractivity contribution in [2.24, 2.45) is 17.3 Å². The molecule has 1 nitrogen and oxygen atoms in total. The Kier molecular flexibility index (Phi) is 4.57. The van der Waals surface area contributed by atoms with Crippen LogP contribution in [-0.2, 0) is 13.0 Å². The minimum absolute atomic E-state index is 0.478. The summed E-state index contributed by atoms with van der Waals surface area (Å²) in [6, 6.07) is 17.4. The van der Waals surface area contributed by atoms with Crippen molar-refractivity contribution < 1.29 is 4.74 Å². The molecule has 2 aromatic carbocycles. The van der Waals surface area contributed by atoms with Crippen molar-refractivity contribution in [2.75, 3.05) is 0 Å². The lowest BCUT2D eigenvalue weighted by Gasteiger charge is -2.49. The Balaban J connectivity index is 1.35. The van der Waals surface area contributed by atoms with E-state index in [9.17, 15) is 0 Å². The van der Waals surface area contributed by atoms with Gasteiger partial charge in [-0.1, -0.05) is 55.0 Å². The Morgan fingerprint density at radius 2 is 1.89 bits per heavy atom. The lowest BCUT2D eigenvalue weighted by Crippen LogP contribution is -2.40. The molecule has 3 aliphatic rings. The smallest absolute Gasteiger partial charge is 0.120 e. The average Bonchev–Trinajstić information content (AvgIpc) is 3.09. The third-order valence-corrected chi connectivity index (χ3v) is 8.14. The van der Waals surface area contributed by atoms with Gasteiger partial charge in [-0.05, 0) is 97.4 Å². The van der Waals surface area contributed by atoms with Gasteiger partial charge in [0, 0.05) is 0 Å². The predicted octanol–water partition coefficient (Wildman–Crippen LogP) is 7.07. The maximum absolute atomic E-state index is 6.10. The normalized spacial score (nSPS) is 32.5. The van der Waals surface area contributed by atoms with E-state index in [1.165, 1.54) is 44.1 Å². The lowest BCUT2D eigenvalue weighted by molar-refractivity contribution is 0.0813. The number of aryl methyl sites for hydroxylation is 1. The fourth-order valence-electron chi connectivity index (χ4n) is 6.71. The molecule has 28 heavy (non-hydrogen) atoms. The van der Waals surface area contributed by atoms with E-state index in [0.29, 0.717) is 12.0 Å². The van der Waals surface area contributed by atoms with Gasteiger partial charge >= 0.3 is 0 Å². The molecule has 0 bridgehead atoms. The van der Waals surface area contributed by atoms with Crippen LogP contribution in [0.1, 0.15) is 68.6 Å². The zero-order chi connectivity index (χ0) is 19.1. The van der Waals surface area contributed by atoms with Crippen molar-refractivity contribution in [2.45, 2.75) is 64.9 Å². The molecular weight excluding hydrogens is 340 g/mol. The van der Waals surface area contributed by atoms with Crippen LogP contribution in [0.25, 0.3) is 0 Å². The minimum Gasteiger partial charge on any atom is -0.489 e. The first-order chi connectivity index (χ1) is 13.7. The third kappa shape index (κ3) is 2.91. The van der Waals surface area contributed by atoms with Crippen LogP contribution in [0.3, 0.4) is 0 Å². The Hall–Kier alpha value is -2.02. The molecule has 0 N–H and O–H groups in total. The van der Waals surface area contributed by atoms with Crippen molar-refractivity contribution in [3.63, 3.8) is 0 Å². The molecule has 0 aliphatic heterocycles. The SMILES string of the molecule is C/C=C1\CC[C@H]2[C@@H]3CCc4cc(OCc5ccccc5)ccc4[C@H]3CC[C@]12C. The van der Waals surface area contributed by atoms with E-state index in [2.05, 4.69) is 68.5 Å². The van der Waals surface area contributed by atoms with Gasteiger partial charge in [0.2, 0.25) is 0 Å². The highest BCUT2D eigenvalue weighted by Gasteiger charge is 2.52. The molecule has 0 radical (unpaired) electrons. The average molecular weight is 373 g/mol. The number of benzene rings is 2. The molecular formula is C27H32O. The van der Waals surface area contributed by atoms with Crippen molar-refractivity contribution in [1.29, 1.82) is 0 Å². The summed E-state index contributed by atoms with van der Waals surface area (Å²) in [6.45, 7) is 5.46. The first-order valence-electron chi connectivity index (χ1n) is 11.1. The van der Waals surface area contributed by atoms with Crippen LogP contribution >= 0.6 is 0 Å². The molecule has 0 heterocycles. The molecule has 4 atom stereocenters. The zero-order valence-corrected chi connectivity index (χ0v) is 17.3. The third-order valence-electron chi connectivity index (χ3n) is 8.14. The van der Waals surface area contributed by atoms with Gasteiger partial charge < -0.3 is 4.74 Å². The quantitative estimate of drug-likeness (QED) is 0.524. The van der Waals surface area contributed by atoms with Gasteiger partial charge in [-0.15, -0.1) is 0 Å². The van der Waals surface area contributed by atoms with E-state index >= 15 is 0 Å². The summed E-state index contributed by atoms with van der Waals surface area (Å²) in [5, 5.41) is 0. The molecule has 1 heteroatoms.